The third-order valence-corrected chi connectivity index (χ3v) is 2.52. The Morgan fingerprint density at radius 1 is 1.71 bits per heavy atom. The zero-order valence-electron chi connectivity index (χ0n) is 8.36. The summed E-state index contributed by atoms with van der Waals surface area (Å²) in [5, 5.41) is 7.24. The van der Waals surface area contributed by atoms with Gasteiger partial charge in [0.1, 0.15) is 0 Å². The van der Waals surface area contributed by atoms with E-state index in [2.05, 4.69) is 17.3 Å². The zero-order valence-corrected chi connectivity index (χ0v) is 8.36. The summed E-state index contributed by atoms with van der Waals surface area (Å²) >= 11 is 0. The third-order valence-electron chi connectivity index (χ3n) is 2.52. The lowest BCUT2D eigenvalue weighted by atomic mass is 9.95. The minimum Gasteiger partial charge on any atom is -0.315 e. The van der Waals surface area contributed by atoms with Crippen molar-refractivity contribution >= 4 is 5.78 Å². The summed E-state index contributed by atoms with van der Waals surface area (Å²) in [6, 6.07) is 0. The van der Waals surface area contributed by atoms with Crippen molar-refractivity contribution in [3.05, 3.63) is 18.0 Å². The number of nitrogens with zero attached hydrogens (tertiary/aromatic N) is 2. The smallest absolute Gasteiger partial charge is 0.171 e. The molecule has 1 aliphatic heterocycles. The second kappa shape index (κ2) is 3.92. The van der Waals surface area contributed by atoms with Gasteiger partial charge in [0.15, 0.2) is 5.78 Å². The van der Waals surface area contributed by atoms with Gasteiger partial charge in [-0.15, -0.1) is 0 Å². The van der Waals surface area contributed by atoms with Crippen LogP contribution in [0.4, 0.5) is 0 Å². The Morgan fingerprint density at radius 3 is 3.07 bits per heavy atom. The van der Waals surface area contributed by atoms with Gasteiger partial charge in [0, 0.05) is 31.7 Å². The number of nitrogens with one attached hydrogen (secondary N) is 1. The molecule has 4 heteroatoms. The average Bonchev–Trinajstić information content (AvgIpc) is 2.50. The lowest BCUT2D eigenvalue weighted by Gasteiger charge is -2.24. The van der Waals surface area contributed by atoms with Gasteiger partial charge in [0.25, 0.3) is 0 Å². The maximum atomic E-state index is 11.8. The number of aromatic nitrogens is 2. The number of aryl methyl sites for hydroxylation is 1. The highest BCUT2D eigenvalue weighted by Crippen LogP contribution is 2.12. The number of hydrogen-bond acceptors (Lipinski definition) is 3. The molecule has 4 nitrogen and oxygen atoms in total. The van der Waals surface area contributed by atoms with Crippen LogP contribution in [0.2, 0.25) is 0 Å². The summed E-state index contributed by atoms with van der Waals surface area (Å²) in [5.41, 5.74) is 0.755. The molecule has 14 heavy (non-hydrogen) atoms. The van der Waals surface area contributed by atoms with Crippen LogP contribution in [0, 0.1) is 5.92 Å². The number of carbonyl (C=O) groups is 1. The molecule has 1 aromatic heterocycles. The van der Waals surface area contributed by atoms with E-state index in [0.717, 1.165) is 31.6 Å². The molecule has 2 rings (SSSR count). The van der Waals surface area contributed by atoms with Crippen molar-refractivity contribution in [3.8, 4) is 0 Å². The standard InChI is InChI=1S/C10H15N3O/c1-2-3-13-7-9(6-12-13)10(14)8-4-11-5-8/h6-8,11H,2-5H2,1H3. The molecule has 0 atom stereocenters. The van der Waals surface area contributed by atoms with E-state index >= 15 is 0 Å². The molecule has 0 spiro atoms. The van der Waals surface area contributed by atoms with Gasteiger partial charge in [-0.25, -0.2) is 0 Å². The van der Waals surface area contributed by atoms with Gasteiger partial charge in [-0.05, 0) is 6.42 Å². The molecule has 1 aliphatic rings. The van der Waals surface area contributed by atoms with Crippen molar-refractivity contribution < 1.29 is 4.79 Å². The molecule has 2 heterocycles. The molecular formula is C10H15N3O. The SMILES string of the molecule is CCCn1cc(C(=O)C2CNC2)cn1. The average molecular weight is 193 g/mol. The number of Topliss-reactive ketones (excluding diaryl/α,β-unsaturated/α-hetero) is 1. The first kappa shape index (κ1) is 9.40. The Balaban J connectivity index is 2.04. The van der Waals surface area contributed by atoms with E-state index in [1.54, 1.807) is 6.20 Å². The first-order chi connectivity index (χ1) is 6.81. The first-order valence-corrected chi connectivity index (χ1v) is 5.08. The molecule has 0 unspecified atom stereocenters. The third kappa shape index (κ3) is 1.70. The van der Waals surface area contributed by atoms with Gasteiger partial charge in [-0.2, -0.15) is 5.10 Å². The Kier molecular flexibility index (Phi) is 2.63. The molecule has 1 fully saturated rings. The fourth-order valence-corrected chi connectivity index (χ4v) is 1.55. The number of ketones is 1. The predicted molar refractivity (Wildman–Crippen MR) is 53.2 cm³/mol. The molecule has 0 aliphatic carbocycles. The van der Waals surface area contributed by atoms with Crippen LogP contribution >= 0.6 is 0 Å². The highest BCUT2D eigenvalue weighted by Gasteiger charge is 2.26. The molecule has 1 N–H and O–H groups in total. The minimum atomic E-state index is 0.175. The number of rotatable bonds is 4. The van der Waals surface area contributed by atoms with Crippen molar-refractivity contribution in [2.45, 2.75) is 19.9 Å². The number of carbonyl (C=O) groups excluding carboxylic acids is 1. The fraction of sp³-hybridized carbons (Fsp3) is 0.600. The monoisotopic (exact) mass is 193 g/mol. The van der Waals surface area contributed by atoms with Crippen LogP contribution in [0.15, 0.2) is 12.4 Å². The van der Waals surface area contributed by atoms with Crippen molar-refractivity contribution in [2.75, 3.05) is 13.1 Å². The van der Waals surface area contributed by atoms with Gasteiger partial charge in [-0.3, -0.25) is 9.48 Å². The summed E-state index contributed by atoms with van der Waals surface area (Å²) in [7, 11) is 0. The van der Waals surface area contributed by atoms with Crippen molar-refractivity contribution in [1.29, 1.82) is 0 Å². The van der Waals surface area contributed by atoms with Crippen LogP contribution in [0.3, 0.4) is 0 Å². The van der Waals surface area contributed by atoms with Crippen molar-refractivity contribution in [3.63, 3.8) is 0 Å². The van der Waals surface area contributed by atoms with E-state index in [4.69, 9.17) is 0 Å². The Labute approximate surface area is 83.3 Å². The minimum absolute atomic E-state index is 0.175. The van der Waals surface area contributed by atoms with Crippen molar-refractivity contribution in [2.24, 2.45) is 5.92 Å². The second-order valence-corrected chi connectivity index (χ2v) is 3.71. The quantitative estimate of drug-likeness (QED) is 0.716. The lowest BCUT2D eigenvalue weighted by molar-refractivity contribution is 0.0878. The highest BCUT2D eigenvalue weighted by atomic mass is 16.1. The van der Waals surface area contributed by atoms with Crippen LogP contribution in [-0.4, -0.2) is 28.7 Å². The van der Waals surface area contributed by atoms with Crippen LogP contribution in [0.1, 0.15) is 23.7 Å². The van der Waals surface area contributed by atoms with Gasteiger partial charge in [0.2, 0.25) is 0 Å². The van der Waals surface area contributed by atoms with Crippen LogP contribution in [0.5, 0.6) is 0 Å². The van der Waals surface area contributed by atoms with Crippen LogP contribution in [-0.2, 0) is 6.54 Å². The zero-order chi connectivity index (χ0) is 9.97. The summed E-state index contributed by atoms with van der Waals surface area (Å²) in [5.74, 6) is 0.403. The van der Waals surface area contributed by atoms with Gasteiger partial charge in [0.05, 0.1) is 11.8 Å². The lowest BCUT2D eigenvalue weighted by Crippen LogP contribution is -2.46. The molecular weight excluding hydrogens is 178 g/mol. The Bertz CT molecular complexity index is 328. The van der Waals surface area contributed by atoms with Gasteiger partial charge >= 0.3 is 0 Å². The summed E-state index contributed by atoms with van der Waals surface area (Å²) in [6.07, 6.45) is 4.57. The molecule has 1 saturated heterocycles. The van der Waals surface area contributed by atoms with Crippen LogP contribution < -0.4 is 5.32 Å². The van der Waals surface area contributed by atoms with Gasteiger partial charge < -0.3 is 5.32 Å². The normalized spacial score (nSPS) is 16.6. The summed E-state index contributed by atoms with van der Waals surface area (Å²) in [4.78, 5) is 11.8. The number of hydrogen-bond donors (Lipinski definition) is 1. The largest absolute Gasteiger partial charge is 0.315 e. The predicted octanol–water partition coefficient (Wildman–Crippen LogP) is 0.695. The Morgan fingerprint density at radius 2 is 2.50 bits per heavy atom. The molecule has 0 radical (unpaired) electrons. The van der Waals surface area contributed by atoms with E-state index in [1.165, 1.54) is 0 Å². The molecule has 0 bridgehead atoms. The van der Waals surface area contributed by atoms with E-state index < -0.39 is 0 Å². The van der Waals surface area contributed by atoms with E-state index in [-0.39, 0.29) is 11.7 Å². The van der Waals surface area contributed by atoms with Crippen LogP contribution in [0.25, 0.3) is 0 Å². The maximum Gasteiger partial charge on any atom is 0.171 e. The summed E-state index contributed by atoms with van der Waals surface area (Å²) < 4.78 is 1.83. The highest BCUT2D eigenvalue weighted by molar-refractivity contribution is 5.98. The molecule has 0 aromatic carbocycles. The molecule has 1 aromatic rings. The fourth-order valence-electron chi connectivity index (χ4n) is 1.55. The van der Waals surface area contributed by atoms with Gasteiger partial charge in [-0.1, -0.05) is 6.92 Å². The first-order valence-electron chi connectivity index (χ1n) is 5.08. The molecule has 76 valence electrons. The molecule has 0 saturated carbocycles. The summed E-state index contributed by atoms with van der Waals surface area (Å²) in [6.45, 7) is 4.62. The van der Waals surface area contributed by atoms with E-state index in [1.807, 2.05) is 10.9 Å². The van der Waals surface area contributed by atoms with Crippen molar-refractivity contribution in [1.82, 2.24) is 15.1 Å². The Hall–Kier alpha value is -1.16. The van der Waals surface area contributed by atoms with E-state index in [0.29, 0.717) is 0 Å². The topological polar surface area (TPSA) is 46.9 Å². The van der Waals surface area contributed by atoms with E-state index in [9.17, 15) is 4.79 Å². The molecule has 0 amide bonds. The second-order valence-electron chi connectivity index (χ2n) is 3.71. The maximum absolute atomic E-state index is 11.8.